The predicted molar refractivity (Wildman–Crippen MR) is 73.4 cm³/mol. The molecule has 6 nitrogen and oxygen atoms in total. The van der Waals surface area contributed by atoms with Crippen molar-refractivity contribution in [2.24, 2.45) is 10.9 Å². The van der Waals surface area contributed by atoms with Crippen LogP contribution >= 0.6 is 0 Å². The monoisotopic (exact) mass is 271 g/mol. The summed E-state index contributed by atoms with van der Waals surface area (Å²) in [6.07, 6.45) is 3.14. The first-order chi connectivity index (χ1) is 9.70. The van der Waals surface area contributed by atoms with Crippen LogP contribution in [0.4, 0.5) is 0 Å². The molecule has 1 heterocycles. The Kier molecular flexibility index (Phi) is 4.28. The highest BCUT2D eigenvalue weighted by molar-refractivity contribution is 5.98. The number of hydrogen-bond donors (Lipinski definition) is 1. The third kappa shape index (κ3) is 3.32. The van der Waals surface area contributed by atoms with E-state index in [4.69, 9.17) is 15.3 Å². The summed E-state index contributed by atoms with van der Waals surface area (Å²) >= 11 is 0. The number of hydrogen-bond acceptors (Lipinski definition) is 5. The minimum Gasteiger partial charge on any atom is -0.497 e. The Morgan fingerprint density at radius 1 is 1.20 bits per heavy atom. The van der Waals surface area contributed by atoms with E-state index in [1.54, 1.807) is 48.8 Å². The van der Waals surface area contributed by atoms with Crippen LogP contribution in [0.15, 0.2) is 53.9 Å². The normalized spacial score (nSPS) is 10.9. The van der Waals surface area contributed by atoms with Crippen LogP contribution in [0.5, 0.6) is 5.75 Å². The summed E-state index contributed by atoms with van der Waals surface area (Å²) in [6.45, 7) is 0. The molecule has 0 unspecified atom stereocenters. The molecule has 0 aliphatic carbocycles. The third-order valence-electron chi connectivity index (χ3n) is 2.51. The van der Waals surface area contributed by atoms with Gasteiger partial charge in [0, 0.05) is 18.0 Å². The molecular weight excluding hydrogens is 258 g/mol. The van der Waals surface area contributed by atoms with Gasteiger partial charge in [0.25, 0.3) is 0 Å². The van der Waals surface area contributed by atoms with Crippen molar-refractivity contribution in [3.63, 3.8) is 0 Å². The van der Waals surface area contributed by atoms with Crippen molar-refractivity contribution in [2.45, 2.75) is 0 Å². The molecule has 20 heavy (non-hydrogen) atoms. The lowest BCUT2D eigenvalue weighted by Gasteiger charge is -2.03. The van der Waals surface area contributed by atoms with Gasteiger partial charge < -0.3 is 15.3 Å². The number of methoxy groups -OCH3 is 1. The number of nitrogens with zero attached hydrogens (tertiary/aromatic N) is 2. The second kappa shape index (κ2) is 6.33. The third-order valence-corrected chi connectivity index (χ3v) is 2.51. The topological polar surface area (TPSA) is 86.8 Å². The zero-order valence-electron chi connectivity index (χ0n) is 10.8. The van der Waals surface area contributed by atoms with Crippen LogP contribution in [-0.2, 0) is 4.84 Å². The maximum Gasteiger partial charge on any atom is 0.365 e. The highest BCUT2D eigenvalue weighted by atomic mass is 16.7. The van der Waals surface area contributed by atoms with E-state index >= 15 is 0 Å². The number of carbonyl (C=O) groups is 1. The van der Waals surface area contributed by atoms with E-state index in [2.05, 4.69) is 10.1 Å². The molecule has 0 bridgehead atoms. The molecule has 6 heteroatoms. The highest BCUT2D eigenvalue weighted by Gasteiger charge is 2.09. The van der Waals surface area contributed by atoms with Gasteiger partial charge in [-0.15, -0.1) is 0 Å². The van der Waals surface area contributed by atoms with Gasteiger partial charge in [-0.05, 0) is 30.3 Å². The molecular formula is C14H13N3O3. The zero-order valence-corrected chi connectivity index (χ0v) is 10.8. The van der Waals surface area contributed by atoms with Crippen molar-refractivity contribution in [1.29, 1.82) is 0 Å². The molecule has 0 spiro atoms. The highest BCUT2D eigenvalue weighted by Crippen LogP contribution is 2.13. The van der Waals surface area contributed by atoms with Gasteiger partial charge in [0.15, 0.2) is 5.84 Å². The molecule has 0 aliphatic rings. The molecule has 0 fully saturated rings. The Morgan fingerprint density at radius 3 is 2.65 bits per heavy atom. The summed E-state index contributed by atoms with van der Waals surface area (Å²) in [5, 5.41) is 3.60. The molecule has 0 radical (unpaired) electrons. The van der Waals surface area contributed by atoms with Gasteiger partial charge in [0.1, 0.15) is 5.75 Å². The second-order valence-corrected chi connectivity index (χ2v) is 3.82. The van der Waals surface area contributed by atoms with Gasteiger partial charge in [-0.3, -0.25) is 4.98 Å². The molecule has 0 amide bonds. The van der Waals surface area contributed by atoms with Gasteiger partial charge >= 0.3 is 5.97 Å². The molecule has 0 saturated heterocycles. The van der Waals surface area contributed by atoms with Gasteiger partial charge in [0.2, 0.25) is 0 Å². The second-order valence-electron chi connectivity index (χ2n) is 3.82. The average molecular weight is 271 g/mol. The number of amidine groups is 1. The predicted octanol–water partition coefficient (Wildman–Crippen LogP) is 1.57. The number of ether oxygens (including phenoxy) is 1. The first kappa shape index (κ1) is 13.5. The van der Waals surface area contributed by atoms with Crippen molar-refractivity contribution in [3.8, 4) is 5.75 Å². The lowest BCUT2D eigenvalue weighted by Crippen LogP contribution is -2.15. The number of pyridine rings is 1. The number of oxime groups is 1. The van der Waals surface area contributed by atoms with Crippen LogP contribution in [-0.4, -0.2) is 23.9 Å². The summed E-state index contributed by atoms with van der Waals surface area (Å²) in [5.41, 5.74) is 6.65. The molecule has 1 aromatic carbocycles. The molecule has 2 N–H and O–H groups in total. The van der Waals surface area contributed by atoms with Crippen molar-refractivity contribution >= 4 is 11.8 Å². The van der Waals surface area contributed by atoms with Gasteiger partial charge in [-0.1, -0.05) is 11.2 Å². The lowest BCUT2D eigenvalue weighted by atomic mass is 10.2. The first-order valence-electron chi connectivity index (χ1n) is 5.80. The van der Waals surface area contributed by atoms with Crippen molar-refractivity contribution in [1.82, 2.24) is 4.98 Å². The molecule has 2 aromatic rings. The Bertz CT molecular complexity index is 627. The van der Waals surface area contributed by atoms with E-state index in [0.29, 0.717) is 16.9 Å². The number of benzene rings is 1. The average Bonchev–Trinajstić information content (AvgIpc) is 2.53. The van der Waals surface area contributed by atoms with E-state index in [9.17, 15) is 4.79 Å². The molecule has 102 valence electrons. The van der Waals surface area contributed by atoms with Crippen LogP contribution in [0.3, 0.4) is 0 Å². The lowest BCUT2D eigenvalue weighted by molar-refractivity contribution is 0.0515. The molecule has 0 saturated carbocycles. The molecule has 2 rings (SSSR count). The van der Waals surface area contributed by atoms with E-state index in [-0.39, 0.29) is 5.84 Å². The number of nitrogens with two attached hydrogens (primary N) is 1. The van der Waals surface area contributed by atoms with Crippen molar-refractivity contribution in [2.75, 3.05) is 7.11 Å². The standard InChI is InChI=1S/C14H13N3O3/c1-19-12-4-2-3-11(9-12)14(18)20-17-13(15)10-5-7-16-8-6-10/h2-9H,1H3,(H2,15,17). The Morgan fingerprint density at radius 2 is 1.95 bits per heavy atom. The van der Waals surface area contributed by atoms with Gasteiger partial charge in [0.05, 0.1) is 12.7 Å². The Hall–Kier alpha value is -2.89. The Balaban J connectivity index is 2.08. The first-order valence-corrected chi connectivity index (χ1v) is 5.80. The fourth-order valence-corrected chi connectivity index (χ4v) is 1.47. The SMILES string of the molecule is COc1cccc(C(=O)O/N=C(\N)c2ccncc2)c1. The fraction of sp³-hybridized carbons (Fsp3) is 0.0714. The zero-order chi connectivity index (χ0) is 14.4. The van der Waals surface area contributed by atoms with E-state index < -0.39 is 5.97 Å². The van der Waals surface area contributed by atoms with Crippen molar-refractivity contribution in [3.05, 3.63) is 59.9 Å². The minimum atomic E-state index is -0.610. The van der Waals surface area contributed by atoms with E-state index in [0.717, 1.165) is 0 Å². The quantitative estimate of drug-likeness (QED) is 0.395. The number of rotatable bonds is 4. The summed E-state index contributed by atoms with van der Waals surface area (Å²) in [5.74, 6) is 0.0510. The van der Waals surface area contributed by atoms with Gasteiger partial charge in [-0.25, -0.2) is 4.79 Å². The van der Waals surface area contributed by atoms with Crippen LogP contribution in [0.1, 0.15) is 15.9 Å². The molecule has 0 atom stereocenters. The number of carbonyl (C=O) groups excluding carboxylic acids is 1. The maximum atomic E-state index is 11.8. The van der Waals surface area contributed by atoms with Crippen molar-refractivity contribution < 1.29 is 14.4 Å². The largest absolute Gasteiger partial charge is 0.497 e. The summed E-state index contributed by atoms with van der Waals surface area (Å²) in [6, 6.07) is 9.90. The summed E-state index contributed by atoms with van der Waals surface area (Å²) in [7, 11) is 1.52. The minimum absolute atomic E-state index is 0.101. The molecule has 1 aromatic heterocycles. The Labute approximate surface area is 115 Å². The van der Waals surface area contributed by atoms with Crippen LogP contribution < -0.4 is 10.5 Å². The fourth-order valence-electron chi connectivity index (χ4n) is 1.47. The van der Waals surface area contributed by atoms with E-state index in [1.165, 1.54) is 7.11 Å². The van der Waals surface area contributed by atoms with Gasteiger partial charge in [-0.2, -0.15) is 0 Å². The van der Waals surface area contributed by atoms with E-state index in [1.807, 2.05) is 0 Å². The smallest absolute Gasteiger partial charge is 0.365 e. The van der Waals surface area contributed by atoms with Crippen LogP contribution in [0.2, 0.25) is 0 Å². The maximum absolute atomic E-state index is 11.8. The summed E-state index contributed by atoms with van der Waals surface area (Å²) < 4.78 is 5.02. The van der Waals surface area contributed by atoms with Crippen LogP contribution in [0, 0.1) is 0 Å². The number of aromatic nitrogens is 1. The molecule has 0 aliphatic heterocycles. The van der Waals surface area contributed by atoms with Crippen LogP contribution in [0.25, 0.3) is 0 Å². The summed E-state index contributed by atoms with van der Waals surface area (Å²) in [4.78, 5) is 20.4.